The number of hydrogen-bond acceptors (Lipinski definition) is 6. The van der Waals surface area contributed by atoms with E-state index in [4.69, 9.17) is 11.5 Å². The molecule has 4 unspecified atom stereocenters. The number of carboxylic acid groups (broad SMARTS) is 1. The highest BCUT2D eigenvalue weighted by Crippen LogP contribution is 2.19. The number of H-pyrrole nitrogens is 1. The van der Waals surface area contributed by atoms with Gasteiger partial charge in [-0.3, -0.25) is 19.2 Å². The molecule has 240 valence electrons. The second-order valence-corrected chi connectivity index (χ2v) is 11.1. The summed E-state index contributed by atoms with van der Waals surface area (Å²) in [6.07, 6.45) is 1.74. The zero-order valence-corrected chi connectivity index (χ0v) is 25.1. The maximum absolute atomic E-state index is 13.8. The van der Waals surface area contributed by atoms with Crippen LogP contribution in [0.1, 0.15) is 29.5 Å². The Morgan fingerprint density at radius 1 is 0.674 bits per heavy atom. The highest BCUT2D eigenvalue weighted by Gasteiger charge is 2.31. The Balaban J connectivity index is 1.55. The predicted molar refractivity (Wildman–Crippen MR) is 172 cm³/mol. The minimum absolute atomic E-state index is 0.00692. The van der Waals surface area contributed by atoms with Gasteiger partial charge >= 0.3 is 5.97 Å². The molecule has 0 aliphatic rings. The number of carbonyl (C=O) groups is 5. The molecule has 1 aromatic heterocycles. The lowest BCUT2D eigenvalue weighted by Gasteiger charge is -2.25. The Morgan fingerprint density at radius 3 is 1.72 bits per heavy atom. The smallest absolute Gasteiger partial charge is 0.326 e. The molecule has 12 heteroatoms. The van der Waals surface area contributed by atoms with Crippen molar-refractivity contribution in [2.75, 3.05) is 0 Å². The first-order valence-corrected chi connectivity index (χ1v) is 14.9. The van der Waals surface area contributed by atoms with Gasteiger partial charge in [0.05, 0.1) is 6.04 Å². The number of aromatic amines is 1. The number of benzene rings is 3. The van der Waals surface area contributed by atoms with Gasteiger partial charge in [-0.1, -0.05) is 78.9 Å². The molecule has 0 saturated heterocycles. The summed E-state index contributed by atoms with van der Waals surface area (Å²) in [5.41, 5.74) is 14.2. The molecule has 0 radical (unpaired) electrons. The molecule has 4 aromatic rings. The van der Waals surface area contributed by atoms with Gasteiger partial charge in [0.2, 0.25) is 23.6 Å². The van der Waals surface area contributed by atoms with E-state index in [1.807, 2.05) is 36.4 Å². The summed E-state index contributed by atoms with van der Waals surface area (Å²) in [5, 5.41) is 18.8. The monoisotopic (exact) mass is 626 g/mol. The molecular weight excluding hydrogens is 588 g/mol. The number of carboxylic acids is 1. The van der Waals surface area contributed by atoms with Gasteiger partial charge in [0.15, 0.2) is 0 Å². The number of hydrogen-bond donors (Lipinski definition) is 7. The van der Waals surface area contributed by atoms with E-state index in [2.05, 4.69) is 20.9 Å². The van der Waals surface area contributed by atoms with E-state index in [9.17, 15) is 29.1 Å². The fourth-order valence-corrected chi connectivity index (χ4v) is 5.09. The molecule has 0 spiro atoms. The molecule has 46 heavy (non-hydrogen) atoms. The average molecular weight is 627 g/mol. The number of rotatable bonds is 16. The molecule has 1 heterocycles. The van der Waals surface area contributed by atoms with Gasteiger partial charge < -0.3 is 37.5 Å². The normalized spacial score (nSPS) is 13.6. The first-order valence-electron chi connectivity index (χ1n) is 14.9. The summed E-state index contributed by atoms with van der Waals surface area (Å²) in [6, 6.07) is 20.7. The predicted octanol–water partition coefficient (Wildman–Crippen LogP) is 1.33. The second-order valence-electron chi connectivity index (χ2n) is 11.1. The Morgan fingerprint density at radius 2 is 1.17 bits per heavy atom. The van der Waals surface area contributed by atoms with Crippen LogP contribution in [-0.4, -0.2) is 63.9 Å². The van der Waals surface area contributed by atoms with E-state index >= 15 is 0 Å². The summed E-state index contributed by atoms with van der Waals surface area (Å²) in [4.78, 5) is 67.0. The number of nitrogens with two attached hydrogens (primary N) is 2. The van der Waals surface area contributed by atoms with Crippen molar-refractivity contribution >= 4 is 40.5 Å². The van der Waals surface area contributed by atoms with Crippen molar-refractivity contribution < 1.29 is 29.1 Å². The first-order chi connectivity index (χ1) is 22.1. The van der Waals surface area contributed by atoms with Crippen molar-refractivity contribution in [2.45, 2.75) is 56.3 Å². The van der Waals surface area contributed by atoms with Gasteiger partial charge in [0.1, 0.15) is 18.1 Å². The van der Waals surface area contributed by atoms with E-state index < -0.39 is 53.8 Å². The van der Waals surface area contributed by atoms with Crippen LogP contribution in [0.3, 0.4) is 0 Å². The third-order valence-electron chi connectivity index (χ3n) is 7.58. The van der Waals surface area contributed by atoms with Gasteiger partial charge in [-0.05, 0) is 29.2 Å². The lowest BCUT2D eigenvalue weighted by molar-refractivity contribution is -0.142. The van der Waals surface area contributed by atoms with E-state index in [0.717, 1.165) is 22.0 Å². The molecule has 4 atom stereocenters. The molecule has 0 bridgehead atoms. The number of fused-ring (bicyclic) bond motifs is 1. The van der Waals surface area contributed by atoms with Crippen LogP contribution < -0.4 is 27.4 Å². The summed E-state index contributed by atoms with van der Waals surface area (Å²) >= 11 is 0. The molecule has 0 aliphatic heterocycles. The Bertz CT molecular complexity index is 1660. The minimum atomic E-state index is -1.29. The number of primary amides is 1. The van der Waals surface area contributed by atoms with Crippen LogP contribution in [0.5, 0.6) is 0 Å². The number of carbonyl (C=O) groups excluding carboxylic acids is 4. The van der Waals surface area contributed by atoms with E-state index in [1.165, 1.54) is 0 Å². The van der Waals surface area contributed by atoms with Crippen molar-refractivity contribution in [3.8, 4) is 0 Å². The van der Waals surface area contributed by atoms with Crippen LogP contribution in [0.4, 0.5) is 0 Å². The fraction of sp³-hybridized carbons (Fsp3) is 0.265. The number of nitrogens with one attached hydrogen (secondary N) is 4. The van der Waals surface area contributed by atoms with Crippen LogP contribution in [0, 0.1) is 0 Å². The third-order valence-corrected chi connectivity index (χ3v) is 7.58. The average Bonchev–Trinajstić information content (AvgIpc) is 3.46. The topological polar surface area (TPSA) is 209 Å². The van der Waals surface area contributed by atoms with Crippen LogP contribution in [0.25, 0.3) is 10.9 Å². The fourth-order valence-electron chi connectivity index (χ4n) is 5.09. The van der Waals surface area contributed by atoms with Crippen LogP contribution >= 0.6 is 0 Å². The number of aliphatic carboxylic acids is 1. The molecular formula is C34H38N6O6. The SMILES string of the molecule is NC(=O)CCC(N)C(=O)NC(Cc1ccccc1)C(=O)NC(Cc1ccccc1)C(=O)NC(Cc1c[nH]c2ccccc12)C(=O)O. The van der Waals surface area contributed by atoms with Crippen molar-refractivity contribution in [1.82, 2.24) is 20.9 Å². The maximum atomic E-state index is 13.8. The summed E-state index contributed by atoms with van der Waals surface area (Å²) < 4.78 is 0. The van der Waals surface area contributed by atoms with Crippen molar-refractivity contribution in [3.63, 3.8) is 0 Å². The third kappa shape index (κ3) is 9.50. The zero-order chi connectivity index (χ0) is 33.1. The lowest BCUT2D eigenvalue weighted by atomic mass is 10.0. The maximum Gasteiger partial charge on any atom is 0.326 e. The highest BCUT2D eigenvalue weighted by molar-refractivity contribution is 5.95. The molecule has 9 N–H and O–H groups in total. The van der Waals surface area contributed by atoms with Crippen LogP contribution in [0.15, 0.2) is 91.1 Å². The molecule has 0 aliphatic carbocycles. The summed E-state index contributed by atoms with van der Waals surface area (Å²) in [6.45, 7) is 0. The molecule has 12 nitrogen and oxygen atoms in total. The Kier molecular flexibility index (Phi) is 11.6. The largest absolute Gasteiger partial charge is 0.480 e. The number of aromatic nitrogens is 1. The molecule has 4 rings (SSSR count). The van der Waals surface area contributed by atoms with Crippen molar-refractivity contribution in [1.29, 1.82) is 0 Å². The molecule has 3 aromatic carbocycles. The first kappa shape index (κ1) is 33.4. The highest BCUT2D eigenvalue weighted by atomic mass is 16.4. The number of amides is 4. The Hall–Kier alpha value is -5.49. The van der Waals surface area contributed by atoms with Gasteiger partial charge in [0.25, 0.3) is 0 Å². The van der Waals surface area contributed by atoms with Gasteiger partial charge in [-0.25, -0.2) is 4.79 Å². The van der Waals surface area contributed by atoms with Crippen LogP contribution in [-0.2, 0) is 43.2 Å². The van der Waals surface area contributed by atoms with Gasteiger partial charge in [-0.2, -0.15) is 0 Å². The summed E-state index contributed by atoms with van der Waals surface area (Å²) in [7, 11) is 0. The lowest BCUT2D eigenvalue weighted by Crippen LogP contribution is -2.58. The second kappa shape index (κ2) is 16.0. The van der Waals surface area contributed by atoms with Crippen LogP contribution in [0.2, 0.25) is 0 Å². The van der Waals surface area contributed by atoms with Gasteiger partial charge in [-0.15, -0.1) is 0 Å². The minimum Gasteiger partial charge on any atom is -0.480 e. The number of para-hydroxylation sites is 1. The molecule has 0 fully saturated rings. The van der Waals surface area contributed by atoms with Crippen molar-refractivity contribution in [2.24, 2.45) is 11.5 Å². The summed E-state index contributed by atoms with van der Waals surface area (Å²) in [5.74, 6) is -3.87. The molecule has 0 saturated carbocycles. The standard InChI is InChI=1S/C34H38N6O6/c35-25(15-16-30(36)41)31(42)38-27(17-21-9-3-1-4-10-21)32(43)39-28(18-22-11-5-2-6-12-22)33(44)40-29(34(45)46)19-23-20-37-26-14-8-7-13-24(23)26/h1-14,20,25,27-29,37H,15-19,35H2,(H2,36,41)(H,38,42)(H,39,43)(H,40,44)(H,45,46). The Labute approximate surface area is 265 Å². The van der Waals surface area contributed by atoms with E-state index in [-0.39, 0.29) is 32.1 Å². The molecule has 4 amide bonds. The van der Waals surface area contributed by atoms with Gasteiger partial charge in [0, 0.05) is 42.8 Å². The quantitative estimate of drug-likeness (QED) is 0.0969. The van der Waals surface area contributed by atoms with E-state index in [0.29, 0.717) is 5.56 Å². The van der Waals surface area contributed by atoms with Crippen molar-refractivity contribution in [3.05, 3.63) is 108 Å². The zero-order valence-electron chi connectivity index (χ0n) is 25.1. The van der Waals surface area contributed by atoms with E-state index in [1.54, 1.807) is 54.7 Å².